The molecule has 0 saturated carbocycles. The van der Waals surface area contributed by atoms with Gasteiger partial charge in [0, 0.05) is 38.1 Å². The summed E-state index contributed by atoms with van der Waals surface area (Å²) in [5.41, 5.74) is 6.65. The van der Waals surface area contributed by atoms with Gasteiger partial charge in [0.2, 0.25) is 0 Å². The summed E-state index contributed by atoms with van der Waals surface area (Å²) >= 11 is 0. The van der Waals surface area contributed by atoms with E-state index in [4.69, 9.17) is 0 Å². The van der Waals surface area contributed by atoms with Crippen molar-refractivity contribution in [1.29, 1.82) is 0 Å². The molecule has 1 aliphatic heterocycles. The van der Waals surface area contributed by atoms with Gasteiger partial charge in [-0.2, -0.15) is 5.10 Å². The number of anilines is 1. The van der Waals surface area contributed by atoms with Crippen molar-refractivity contribution in [1.82, 2.24) is 15.1 Å². The summed E-state index contributed by atoms with van der Waals surface area (Å²) in [6.45, 7) is 4.40. The fraction of sp³-hybridized carbons (Fsp3) is 0.273. The zero-order valence-electron chi connectivity index (χ0n) is 15.8. The molecule has 0 unspecified atom stereocenters. The molecule has 1 aromatic heterocycles. The van der Waals surface area contributed by atoms with Crippen molar-refractivity contribution >= 4 is 11.6 Å². The molecule has 0 aliphatic carbocycles. The summed E-state index contributed by atoms with van der Waals surface area (Å²) in [4.78, 5) is 14.7. The van der Waals surface area contributed by atoms with Crippen molar-refractivity contribution < 1.29 is 4.79 Å². The normalized spacial score (nSPS) is 12.9. The van der Waals surface area contributed by atoms with E-state index in [-0.39, 0.29) is 5.91 Å². The molecule has 0 saturated heterocycles. The largest absolute Gasteiger partial charge is 0.367 e. The number of amides is 1. The highest BCUT2D eigenvalue weighted by Gasteiger charge is 2.18. The number of aromatic nitrogens is 2. The molecule has 5 nitrogen and oxygen atoms in total. The van der Waals surface area contributed by atoms with Crippen LogP contribution in [0.1, 0.15) is 32.7 Å². The third-order valence-corrected chi connectivity index (χ3v) is 5.31. The van der Waals surface area contributed by atoms with Gasteiger partial charge in [0.15, 0.2) is 0 Å². The van der Waals surface area contributed by atoms with Crippen LogP contribution in [0.3, 0.4) is 0 Å². The molecule has 0 radical (unpaired) electrons. The molecule has 2 heterocycles. The molecule has 1 aliphatic rings. The molecule has 1 amide bonds. The lowest BCUT2D eigenvalue weighted by Crippen LogP contribution is -2.23. The van der Waals surface area contributed by atoms with Crippen molar-refractivity contribution in [2.45, 2.75) is 26.4 Å². The van der Waals surface area contributed by atoms with Crippen LogP contribution in [0.15, 0.2) is 54.7 Å². The van der Waals surface area contributed by atoms with E-state index in [9.17, 15) is 4.79 Å². The number of carbonyl (C=O) groups is 1. The number of nitrogens with zero attached hydrogens (tertiary/aromatic N) is 3. The predicted molar refractivity (Wildman–Crippen MR) is 107 cm³/mol. The lowest BCUT2D eigenvalue weighted by Gasteiger charge is -2.19. The third-order valence-electron chi connectivity index (χ3n) is 5.31. The summed E-state index contributed by atoms with van der Waals surface area (Å²) in [5, 5.41) is 7.09. The molecule has 1 N–H and O–H groups in total. The van der Waals surface area contributed by atoms with Crippen LogP contribution in [0.5, 0.6) is 0 Å². The minimum absolute atomic E-state index is 0.0849. The minimum atomic E-state index is -0.0849. The molecule has 138 valence electrons. The number of hydrogen-bond acceptors (Lipinski definition) is 3. The molecule has 2 aromatic carbocycles. The van der Waals surface area contributed by atoms with Gasteiger partial charge in [-0.05, 0) is 36.1 Å². The van der Waals surface area contributed by atoms with Gasteiger partial charge in [0.25, 0.3) is 5.91 Å². The third kappa shape index (κ3) is 3.58. The molecule has 27 heavy (non-hydrogen) atoms. The standard InChI is InChI=1S/C22H24N4O/c1-16-20(14-24-25(16)2)22(27)23-13-17-7-9-18(10-8-17)15-26-12-11-19-5-3-4-6-21(19)26/h3-10,14H,11-13,15H2,1-2H3,(H,23,27). The van der Waals surface area contributed by atoms with Crippen LogP contribution in [0.4, 0.5) is 5.69 Å². The first-order chi connectivity index (χ1) is 13.1. The van der Waals surface area contributed by atoms with Crippen LogP contribution in [-0.4, -0.2) is 22.2 Å². The minimum Gasteiger partial charge on any atom is -0.367 e. The first-order valence-corrected chi connectivity index (χ1v) is 9.29. The Morgan fingerprint density at radius 2 is 1.85 bits per heavy atom. The first kappa shape index (κ1) is 17.3. The zero-order valence-corrected chi connectivity index (χ0v) is 15.8. The lowest BCUT2D eigenvalue weighted by molar-refractivity contribution is 0.0950. The van der Waals surface area contributed by atoms with Gasteiger partial charge in [-0.25, -0.2) is 0 Å². The maximum Gasteiger partial charge on any atom is 0.255 e. The van der Waals surface area contributed by atoms with Crippen molar-refractivity contribution in [2.24, 2.45) is 7.05 Å². The Kier molecular flexibility index (Phi) is 4.67. The van der Waals surface area contributed by atoms with Crippen LogP contribution in [-0.2, 0) is 26.6 Å². The van der Waals surface area contributed by atoms with E-state index in [0.29, 0.717) is 12.1 Å². The highest BCUT2D eigenvalue weighted by atomic mass is 16.1. The van der Waals surface area contributed by atoms with Crippen LogP contribution >= 0.6 is 0 Å². The lowest BCUT2D eigenvalue weighted by atomic mass is 10.1. The van der Waals surface area contributed by atoms with Gasteiger partial charge in [0.1, 0.15) is 0 Å². The van der Waals surface area contributed by atoms with Gasteiger partial charge >= 0.3 is 0 Å². The summed E-state index contributed by atoms with van der Waals surface area (Å²) in [6, 6.07) is 17.1. The molecular formula is C22H24N4O. The molecule has 0 spiro atoms. The van der Waals surface area contributed by atoms with Gasteiger partial charge < -0.3 is 10.2 Å². The second kappa shape index (κ2) is 7.27. The van der Waals surface area contributed by atoms with Crippen molar-refractivity contribution in [3.63, 3.8) is 0 Å². The molecule has 4 rings (SSSR count). The van der Waals surface area contributed by atoms with E-state index in [1.807, 2.05) is 14.0 Å². The number of benzene rings is 2. The monoisotopic (exact) mass is 360 g/mol. The zero-order chi connectivity index (χ0) is 18.8. The van der Waals surface area contributed by atoms with E-state index < -0.39 is 0 Å². The van der Waals surface area contributed by atoms with Crippen LogP contribution in [0, 0.1) is 6.92 Å². The quantitative estimate of drug-likeness (QED) is 0.760. The molecule has 3 aromatic rings. The Balaban J connectivity index is 1.35. The Bertz CT molecular complexity index is 959. The topological polar surface area (TPSA) is 50.2 Å². The van der Waals surface area contributed by atoms with Crippen LogP contribution in [0.2, 0.25) is 0 Å². The Morgan fingerprint density at radius 3 is 2.59 bits per heavy atom. The first-order valence-electron chi connectivity index (χ1n) is 9.29. The van der Waals surface area contributed by atoms with Gasteiger partial charge in [-0.1, -0.05) is 42.5 Å². The average Bonchev–Trinajstić information content (AvgIpc) is 3.25. The number of aryl methyl sites for hydroxylation is 1. The smallest absolute Gasteiger partial charge is 0.255 e. The number of hydrogen-bond donors (Lipinski definition) is 1. The van der Waals surface area contributed by atoms with Gasteiger partial charge in [-0.3, -0.25) is 9.48 Å². The van der Waals surface area contributed by atoms with Crippen LogP contribution in [0.25, 0.3) is 0 Å². The van der Waals surface area contributed by atoms with Gasteiger partial charge in [-0.15, -0.1) is 0 Å². The SMILES string of the molecule is Cc1c(C(=O)NCc2ccc(CN3CCc4ccccc43)cc2)cnn1C. The average molecular weight is 360 g/mol. The second-order valence-corrected chi connectivity index (χ2v) is 7.07. The summed E-state index contributed by atoms with van der Waals surface area (Å²) in [7, 11) is 1.84. The number of nitrogens with one attached hydrogen (secondary N) is 1. The number of rotatable bonds is 5. The van der Waals surface area contributed by atoms with E-state index >= 15 is 0 Å². The fourth-order valence-corrected chi connectivity index (χ4v) is 3.55. The van der Waals surface area contributed by atoms with Crippen LogP contribution < -0.4 is 10.2 Å². The summed E-state index contributed by atoms with van der Waals surface area (Å²) in [6.07, 6.45) is 2.73. The van der Waals surface area contributed by atoms with Crippen molar-refractivity contribution in [3.05, 3.63) is 82.7 Å². The Hall–Kier alpha value is -3.08. The Morgan fingerprint density at radius 1 is 1.11 bits per heavy atom. The highest BCUT2D eigenvalue weighted by Crippen LogP contribution is 2.28. The molecule has 0 fully saturated rings. The number of para-hydroxylation sites is 1. The second-order valence-electron chi connectivity index (χ2n) is 7.07. The predicted octanol–water partition coefficient (Wildman–Crippen LogP) is 3.22. The maximum absolute atomic E-state index is 12.3. The summed E-state index contributed by atoms with van der Waals surface area (Å²) in [5.74, 6) is -0.0849. The van der Waals surface area contributed by atoms with E-state index in [0.717, 1.165) is 30.8 Å². The fourth-order valence-electron chi connectivity index (χ4n) is 3.55. The molecule has 0 atom stereocenters. The number of carbonyl (C=O) groups excluding carboxylic acids is 1. The van der Waals surface area contributed by atoms with Crippen molar-refractivity contribution in [3.8, 4) is 0 Å². The van der Waals surface area contributed by atoms with Crippen molar-refractivity contribution in [2.75, 3.05) is 11.4 Å². The number of fused-ring (bicyclic) bond motifs is 1. The summed E-state index contributed by atoms with van der Waals surface area (Å²) < 4.78 is 1.71. The highest BCUT2D eigenvalue weighted by molar-refractivity contribution is 5.94. The maximum atomic E-state index is 12.3. The van der Waals surface area contributed by atoms with E-state index in [1.54, 1.807) is 10.9 Å². The molecule has 0 bridgehead atoms. The van der Waals surface area contributed by atoms with E-state index in [1.165, 1.54) is 16.8 Å². The van der Waals surface area contributed by atoms with E-state index in [2.05, 4.69) is 63.8 Å². The van der Waals surface area contributed by atoms with Gasteiger partial charge in [0.05, 0.1) is 11.8 Å². The molecule has 5 heteroatoms. The Labute approximate surface area is 159 Å². The molecular weight excluding hydrogens is 336 g/mol.